The maximum Gasteiger partial charge on any atom is 0.0468 e. The smallest absolute Gasteiger partial charge is 0.0468 e. The lowest BCUT2D eigenvalue weighted by molar-refractivity contribution is 0.651. The molecule has 1 heteroatoms. The third kappa shape index (κ3) is 5.71. The van der Waals surface area contributed by atoms with E-state index in [2.05, 4.69) is 256 Å². The number of hydrogen-bond acceptors (Lipinski definition) is 1. The van der Waals surface area contributed by atoms with Gasteiger partial charge in [0.25, 0.3) is 0 Å². The molecule has 0 aliphatic heterocycles. The number of anilines is 3. The van der Waals surface area contributed by atoms with Crippen molar-refractivity contribution in [3.05, 3.63) is 232 Å². The van der Waals surface area contributed by atoms with E-state index in [1.807, 2.05) is 0 Å². The molecule has 1 nitrogen and oxygen atoms in total. The van der Waals surface area contributed by atoms with Crippen LogP contribution in [0.1, 0.15) is 125 Å². The zero-order chi connectivity index (χ0) is 50.5. The highest BCUT2D eigenvalue weighted by molar-refractivity contribution is 6.07. The Morgan fingerprint density at radius 1 is 0.270 bits per heavy atom. The summed E-state index contributed by atoms with van der Waals surface area (Å²) in [5.41, 5.74) is 26.9. The third-order valence-electron chi connectivity index (χ3n) is 18.9. The maximum absolute atomic E-state index is 2.52. The van der Waals surface area contributed by atoms with Crippen molar-refractivity contribution in [1.82, 2.24) is 0 Å². The number of fused-ring (bicyclic) bond motifs is 18. The summed E-state index contributed by atoms with van der Waals surface area (Å²) in [4.78, 5) is 2.48. The lowest BCUT2D eigenvalue weighted by Crippen LogP contribution is -2.17. The molecular weight excluding hydrogens is 891 g/mol. The first-order chi connectivity index (χ1) is 35.5. The summed E-state index contributed by atoms with van der Waals surface area (Å²) in [5, 5.41) is 10.3. The van der Waals surface area contributed by atoms with Crippen LogP contribution in [0.4, 0.5) is 17.1 Å². The first-order valence-electron chi connectivity index (χ1n) is 27.0. The number of benzene rings is 11. The summed E-state index contributed by atoms with van der Waals surface area (Å²) in [5.74, 6) is 0.447. The molecule has 15 rings (SSSR count). The van der Waals surface area contributed by atoms with Gasteiger partial charge in [0.05, 0.1) is 0 Å². The van der Waals surface area contributed by atoms with Gasteiger partial charge in [0.1, 0.15) is 0 Å². The highest BCUT2D eigenvalue weighted by atomic mass is 15.1. The van der Waals surface area contributed by atoms with Crippen LogP contribution in [-0.2, 0) is 21.7 Å². The van der Waals surface area contributed by atoms with Gasteiger partial charge in [0.2, 0.25) is 0 Å². The average molecular weight is 952 g/mol. The van der Waals surface area contributed by atoms with Gasteiger partial charge in [-0.15, -0.1) is 0 Å². The fourth-order valence-electron chi connectivity index (χ4n) is 14.7. The highest BCUT2D eigenvalue weighted by Gasteiger charge is 2.46. The molecule has 0 bridgehead atoms. The van der Waals surface area contributed by atoms with Crippen LogP contribution in [0.25, 0.3) is 87.6 Å². The van der Waals surface area contributed by atoms with Crippen LogP contribution < -0.4 is 4.90 Å². The SMILES string of the molecule is CC(C)c1ccc(N(c2ccc3cc4c(cc3c2)C(C)(C)c2ccc3c(c2-4)-c2cc4ccccc4cc2C3(C)C)c2ccc3cc4c(cc3c2)C(C)(C)c2ccc3c(c2-4)-c2cc4ccccc4cc2C3(C)C)cc1. The molecule has 4 aliphatic carbocycles. The van der Waals surface area contributed by atoms with Crippen LogP contribution in [0.15, 0.2) is 182 Å². The Morgan fingerprint density at radius 3 is 0.878 bits per heavy atom. The Bertz CT molecular complexity index is 4070. The van der Waals surface area contributed by atoms with E-state index in [1.54, 1.807) is 0 Å². The van der Waals surface area contributed by atoms with Crippen molar-refractivity contribution in [3.63, 3.8) is 0 Å². The molecule has 11 aromatic rings. The summed E-state index contributed by atoms with van der Waals surface area (Å²) in [7, 11) is 0. The van der Waals surface area contributed by atoms with Crippen molar-refractivity contribution in [1.29, 1.82) is 0 Å². The Balaban J connectivity index is 0.875. The van der Waals surface area contributed by atoms with Crippen LogP contribution in [0.5, 0.6) is 0 Å². The van der Waals surface area contributed by atoms with Crippen molar-refractivity contribution in [2.75, 3.05) is 4.90 Å². The molecule has 0 fully saturated rings. The molecule has 0 unspecified atom stereocenters. The van der Waals surface area contributed by atoms with E-state index in [0.717, 1.165) is 17.1 Å². The lowest BCUT2D eigenvalue weighted by atomic mass is 9.79. The molecule has 11 aromatic carbocycles. The van der Waals surface area contributed by atoms with E-state index in [9.17, 15) is 0 Å². The number of rotatable bonds is 4. The fourth-order valence-corrected chi connectivity index (χ4v) is 14.7. The molecule has 74 heavy (non-hydrogen) atoms. The second kappa shape index (κ2) is 14.5. The van der Waals surface area contributed by atoms with Crippen LogP contribution in [0.3, 0.4) is 0 Å². The third-order valence-corrected chi connectivity index (χ3v) is 18.9. The molecule has 0 amide bonds. The van der Waals surface area contributed by atoms with Crippen LogP contribution in [-0.4, -0.2) is 0 Å². The molecule has 0 saturated heterocycles. The predicted octanol–water partition coefficient (Wildman–Crippen LogP) is 20.1. The first kappa shape index (κ1) is 43.8. The normalized spacial score (nSPS) is 16.3. The Labute approximate surface area is 436 Å². The van der Waals surface area contributed by atoms with Crippen molar-refractivity contribution >= 4 is 60.2 Å². The van der Waals surface area contributed by atoms with Crippen LogP contribution in [0.2, 0.25) is 0 Å². The molecule has 0 N–H and O–H groups in total. The molecule has 0 heterocycles. The minimum atomic E-state index is -0.167. The first-order valence-corrected chi connectivity index (χ1v) is 27.0. The molecule has 4 aliphatic rings. The number of hydrogen-bond donors (Lipinski definition) is 0. The summed E-state index contributed by atoms with van der Waals surface area (Å²) in [6, 6.07) is 71.0. The van der Waals surface area contributed by atoms with Gasteiger partial charge in [0.15, 0.2) is 0 Å². The van der Waals surface area contributed by atoms with E-state index < -0.39 is 0 Å². The van der Waals surface area contributed by atoms with E-state index in [4.69, 9.17) is 0 Å². The zero-order valence-electron chi connectivity index (χ0n) is 44.3. The monoisotopic (exact) mass is 951 g/mol. The minimum Gasteiger partial charge on any atom is -0.310 e. The average Bonchev–Trinajstić information content (AvgIpc) is 3.96. The quantitative estimate of drug-likeness (QED) is 0.170. The summed E-state index contributed by atoms with van der Waals surface area (Å²) in [6.07, 6.45) is 0. The molecule has 0 radical (unpaired) electrons. The zero-order valence-corrected chi connectivity index (χ0v) is 44.3. The van der Waals surface area contributed by atoms with E-state index in [-0.39, 0.29) is 21.7 Å². The van der Waals surface area contributed by atoms with Crippen molar-refractivity contribution in [2.45, 2.75) is 96.8 Å². The maximum atomic E-state index is 2.52. The van der Waals surface area contributed by atoms with Crippen molar-refractivity contribution < 1.29 is 0 Å². The van der Waals surface area contributed by atoms with Crippen molar-refractivity contribution in [3.8, 4) is 44.5 Å². The fraction of sp³-hybridized carbons (Fsp3) is 0.205. The van der Waals surface area contributed by atoms with Gasteiger partial charge >= 0.3 is 0 Å². The van der Waals surface area contributed by atoms with Gasteiger partial charge in [-0.25, -0.2) is 0 Å². The van der Waals surface area contributed by atoms with Crippen molar-refractivity contribution in [2.24, 2.45) is 0 Å². The summed E-state index contributed by atoms with van der Waals surface area (Å²) in [6.45, 7) is 24.0. The van der Waals surface area contributed by atoms with Gasteiger partial charge in [-0.2, -0.15) is 0 Å². The molecule has 358 valence electrons. The largest absolute Gasteiger partial charge is 0.310 e. The number of nitrogens with zero attached hydrogens (tertiary/aromatic N) is 1. The summed E-state index contributed by atoms with van der Waals surface area (Å²) < 4.78 is 0. The molecule has 0 aromatic heterocycles. The van der Waals surface area contributed by atoms with Crippen LogP contribution in [0, 0.1) is 0 Å². The minimum absolute atomic E-state index is 0.0936. The van der Waals surface area contributed by atoms with E-state index in [0.29, 0.717) is 5.92 Å². The molecule has 0 atom stereocenters. The molecule has 0 spiro atoms. The van der Waals surface area contributed by atoms with Gasteiger partial charge in [-0.05, 0) is 229 Å². The second-order valence-corrected chi connectivity index (χ2v) is 24.8. The Hall–Kier alpha value is -7.74. The summed E-state index contributed by atoms with van der Waals surface area (Å²) >= 11 is 0. The van der Waals surface area contributed by atoms with Gasteiger partial charge < -0.3 is 4.90 Å². The lowest BCUT2D eigenvalue weighted by Gasteiger charge is -2.27. The standard InChI is InChI=1S/C73H61N/c1-41(2)42-19-23-51(24-20-42)74(52-25-21-47-35-56-64(39-49(47)31-52)72(7,8)60-29-27-58-66(68(56)60)54-33-43-15-11-13-17-45(43)37-62(54)70(58,3)4)53-26-22-48-36-57-65(40-50(48)32-53)73(9,10)61-30-28-59-67(69(57)61)55-34-44-16-12-14-18-46(44)38-63(55)71(59,5)6/h11-41H,1-10H3. The van der Waals surface area contributed by atoms with Crippen LogP contribution >= 0.6 is 0 Å². The van der Waals surface area contributed by atoms with E-state index in [1.165, 1.54) is 138 Å². The van der Waals surface area contributed by atoms with E-state index >= 15 is 0 Å². The van der Waals surface area contributed by atoms with Gasteiger partial charge in [-0.1, -0.05) is 166 Å². The second-order valence-electron chi connectivity index (χ2n) is 24.8. The van der Waals surface area contributed by atoms with Gasteiger partial charge in [-0.3, -0.25) is 0 Å². The van der Waals surface area contributed by atoms with Gasteiger partial charge in [0, 0.05) is 38.7 Å². The Kier molecular flexibility index (Phi) is 8.59. The predicted molar refractivity (Wildman–Crippen MR) is 315 cm³/mol. The Morgan fingerprint density at radius 2 is 0.554 bits per heavy atom. The topological polar surface area (TPSA) is 3.24 Å². The highest BCUT2D eigenvalue weighted by Crippen LogP contribution is 2.62. The molecule has 0 saturated carbocycles. The molecular formula is C73H61N.